The average molecular weight is 563 g/mol. The first-order valence-corrected chi connectivity index (χ1v) is 9.45. The Morgan fingerprint density at radius 2 is 1.11 bits per heavy atom. The van der Waals surface area contributed by atoms with Crippen LogP contribution in [0.15, 0.2) is 0 Å². The molecule has 0 bridgehead atoms. The largest absolute Gasteiger partial charge is 0.107 e. The van der Waals surface area contributed by atoms with E-state index in [1.807, 2.05) is 0 Å². The summed E-state index contributed by atoms with van der Waals surface area (Å²) < 4.78 is 0. The van der Waals surface area contributed by atoms with E-state index in [0.29, 0.717) is 20.1 Å². The van der Waals surface area contributed by atoms with E-state index in [2.05, 4.69) is 13.8 Å². The van der Waals surface area contributed by atoms with Gasteiger partial charge in [0.1, 0.15) is 0 Å². The van der Waals surface area contributed by atoms with Gasteiger partial charge >= 0.3 is 0 Å². The molecule has 0 nitrogen and oxygen atoms in total. The number of hydrogen-bond acceptors (Lipinski definition) is 0. The summed E-state index contributed by atoms with van der Waals surface area (Å²) in [4.78, 5) is 0. The molecule has 1 aromatic rings. The monoisotopic (exact) mass is 561 g/mol. The summed E-state index contributed by atoms with van der Waals surface area (Å²) in [5.74, 6) is 0. The Morgan fingerprint density at radius 1 is 0.737 bits per heavy atom. The molecule has 0 amide bonds. The van der Waals surface area contributed by atoms with E-state index in [1.54, 1.807) is 0 Å². The molecule has 0 atom stereocenters. The fraction of sp³-hybridized carbons (Fsp3) is 0.500. The van der Waals surface area contributed by atoms with Gasteiger partial charge < -0.3 is 0 Å². The summed E-state index contributed by atoms with van der Waals surface area (Å²) in [6.07, 6.45) is 4.28. The molecule has 0 saturated heterocycles. The van der Waals surface area contributed by atoms with Crippen LogP contribution < -0.4 is 0 Å². The third kappa shape index (κ3) is 5.20. The molecular formula is C12H14AuCl5P. The van der Waals surface area contributed by atoms with Crippen LogP contribution in [0.4, 0.5) is 0 Å². The maximum Gasteiger partial charge on any atom is 0.0809 e. The van der Waals surface area contributed by atoms with Gasteiger partial charge in [-0.1, -0.05) is 71.9 Å². The Bertz CT molecular complexity index is 406. The summed E-state index contributed by atoms with van der Waals surface area (Å²) in [7, 11) is 0.0319. The number of halogens is 5. The van der Waals surface area contributed by atoms with Crippen molar-refractivity contribution in [2.45, 2.75) is 20.3 Å². The van der Waals surface area contributed by atoms with Gasteiger partial charge in [0.2, 0.25) is 0 Å². The first-order valence-electron chi connectivity index (χ1n) is 5.66. The summed E-state index contributed by atoms with van der Waals surface area (Å²) in [5.41, 5.74) is 0.812. The normalized spacial score (nSPS) is 10.7. The van der Waals surface area contributed by atoms with Crippen LogP contribution in [0.25, 0.3) is 0 Å². The summed E-state index contributed by atoms with van der Waals surface area (Å²) in [5, 5.41) is 1.67. The maximum absolute atomic E-state index is 6.19. The number of benzene rings is 1. The molecule has 0 aliphatic rings. The zero-order valence-electron chi connectivity index (χ0n) is 10.5. The fourth-order valence-corrected chi connectivity index (χ4v) is 4.67. The molecule has 0 spiro atoms. The van der Waals surface area contributed by atoms with Gasteiger partial charge in [-0.25, -0.2) is 0 Å². The number of hydrogen-bond donors (Lipinski definition) is 0. The van der Waals surface area contributed by atoms with E-state index >= 15 is 0 Å². The van der Waals surface area contributed by atoms with Crippen molar-refractivity contribution in [2.75, 3.05) is 18.5 Å². The van der Waals surface area contributed by atoms with Gasteiger partial charge in [0.15, 0.2) is 0 Å². The van der Waals surface area contributed by atoms with Crippen LogP contribution >= 0.6 is 65.9 Å². The van der Waals surface area contributed by atoms with Crippen LogP contribution in [0, 0.1) is 0 Å². The standard InChI is InChI=1S/C12H14Cl5P.Au/c1-3-18(4-2)6-5-7-8(13)10(15)12(17)11(16)9(7)14;/h3-6H2,1-2H3;. The van der Waals surface area contributed by atoms with E-state index in [4.69, 9.17) is 58.0 Å². The first-order chi connectivity index (χ1) is 8.43. The summed E-state index contributed by atoms with van der Waals surface area (Å²) >= 11 is 30.4. The molecule has 113 valence electrons. The van der Waals surface area contributed by atoms with Gasteiger partial charge in [-0.05, 0) is 30.5 Å². The second kappa shape index (κ2) is 9.78. The average Bonchev–Trinajstić information content (AvgIpc) is 2.38. The molecule has 0 aromatic heterocycles. The van der Waals surface area contributed by atoms with Crippen molar-refractivity contribution >= 4 is 65.9 Å². The van der Waals surface area contributed by atoms with Crippen LogP contribution in [0.2, 0.25) is 25.1 Å². The Labute approximate surface area is 156 Å². The summed E-state index contributed by atoms with van der Waals surface area (Å²) in [6.45, 7) is 4.42. The second-order valence-corrected chi connectivity index (χ2v) is 8.77. The molecular weight excluding hydrogens is 549 g/mol. The van der Waals surface area contributed by atoms with Gasteiger partial charge in [-0.2, -0.15) is 0 Å². The zero-order chi connectivity index (χ0) is 13.9. The predicted molar refractivity (Wildman–Crippen MR) is 88.1 cm³/mol. The van der Waals surface area contributed by atoms with E-state index in [9.17, 15) is 0 Å². The molecule has 1 aromatic carbocycles. The van der Waals surface area contributed by atoms with Gasteiger partial charge in [0.25, 0.3) is 0 Å². The van der Waals surface area contributed by atoms with Crippen molar-refractivity contribution < 1.29 is 22.4 Å². The van der Waals surface area contributed by atoms with Gasteiger partial charge in [-0.15, -0.1) is 7.92 Å². The molecule has 19 heavy (non-hydrogen) atoms. The molecule has 1 rings (SSSR count). The molecule has 7 heteroatoms. The second-order valence-electron chi connectivity index (χ2n) is 3.83. The van der Waals surface area contributed by atoms with E-state index in [1.165, 1.54) is 12.3 Å². The van der Waals surface area contributed by atoms with E-state index in [0.717, 1.165) is 18.1 Å². The Morgan fingerprint density at radius 3 is 1.47 bits per heavy atom. The van der Waals surface area contributed by atoms with Crippen molar-refractivity contribution in [1.29, 1.82) is 0 Å². The van der Waals surface area contributed by atoms with Crippen LogP contribution in [-0.2, 0) is 28.8 Å². The van der Waals surface area contributed by atoms with Crippen molar-refractivity contribution in [2.24, 2.45) is 0 Å². The number of rotatable bonds is 5. The van der Waals surface area contributed by atoms with Crippen molar-refractivity contribution in [1.82, 2.24) is 0 Å². The zero-order valence-corrected chi connectivity index (χ0v) is 17.3. The van der Waals surface area contributed by atoms with Gasteiger partial charge in [-0.3, -0.25) is 0 Å². The van der Waals surface area contributed by atoms with Crippen molar-refractivity contribution in [3.05, 3.63) is 30.7 Å². The fourth-order valence-electron chi connectivity index (χ4n) is 1.68. The quantitative estimate of drug-likeness (QED) is 0.157. The topological polar surface area (TPSA) is 0 Å². The maximum atomic E-state index is 6.19. The molecule has 0 aliphatic heterocycles. The van der Waals surface area contributed by atoms with Crippen LogP contribution in [-0.4, -0.2) is 18.5 Å². The minimum Gasteiger partial charge on any atom is -0.107 e. The van der Waals surface area contributed by atoms with Crippen LogP contribution in [0.3, 0.4) is 0 Å². The van der Waals surface area contributed by atoms with Crippen LogP contribution in [0.1, 0.15) is 19.4 Å². The van der Waals surface area contributed by atoms with Crippen molar-refractivity contribution in [3.8, 4) is 0 Å². The third-order valence-corrected chi connectivity index (χ3v) is 7.87. The minimum atomic E-state index is 0. The Balaban J connectivity index is 0.00000324. The van der Waals surface area contributed by atoms with Crippen molar-refractivity contribution in [3.63, 3.8) is 0 Å². The van der Waals surface area contributed by atoms with E-state index in [-0.39, 0.29) is 35.3 Å². The molecule has 0 heterocycles. The van der Waals surface area contributed by atoms with Crippen LogP contribution in [0.5, 0.6) is 0 Å². The SMILES string of the molecule is CCP(CC)CCc1c(Cl)c(Cl)c(Cl)c(Cl)c1Cl.[Au]. The smallest absolute Gasteiger partial charge is 0.0809 e. The first kappa shape index (κ1) is 20.8. The molecule has 0 aliphatic carbocycles. The molecule has 0 fully saturated rings. The molecule has 1 radical (unpaired) electrons. The minimum absolute atomic E-state index is 0. The Hall–Kier alpha value is 1.84. The molecule has 0 N–H and O–H groups in total. The summed E-state index contributed by atoms with van der Waals surface area (Å²) in [6, 6.07) is 0. The van der Waals surface area contributed by atoms with Gasteiger partial charge in [0.05, 0.1) is 25.1 Å². The molecule has 0 unspecified atom stereocenters. The predicted octanol–water partition coefficient (Wildman–Crippen LogP) is 7.02. The van der Waals surface area contributed by atoms with E-state index < -0.39 is 0 Å². The molecule has 0 saturated carbocycles. The third-order valence-electron chi connectivity index (χ3n) is 2.87. The Kier molecular flexibility index (Phi) is 10.7. The van der Waals surface area contributed by atoms with Gasteiger partial charge in [0, 0.05) is 22.4 Å².